The molecule has 3 aromatic carbocycles. The summed E-state index contributed by atoms with van der Waals surface area (Å²) in [5.41, 5.74) is 7.10. The summed E-state index contributed by atoms with van der Waals surface area (Å²) in [6, 6.07) is 26.4. The first kappa shape index (κ1) is 28.0. The maximum absolute atomic E-state index is 14.6. The van der Waals surface area contributed by atoms with Gasteiger partial charge in [0.25, 0.3) is 5.91 Å². The van der Waals surface area contributed by atoms with Crippen LogP contribution in [0.15, 0.2) is 126 Å². The summed E-state index contributed by atoms with van der Waals surface area (Å²) in [6.07, 6.45) is 8.10. The Morgan fingerprint density at radius 3 is 2.07 bits per heavy atom. The number of carbonyl (C=O) groups is 2. The molecular formula is C36H34BrN3O2. The molecular weight excluding hydrogens is 586 g/mol. The Labute approximate surface area is 256 Å². The Kier molecular flexibility index (Phi) is 7.50. The molecule has 2 fully saturated rings. The van der Waals surface area contributed by atoms with Crippen LogP contribution in [0.2, 0.25) is 0 Å². The number of carbonyl (C=O) groups excluding carboxylic acids is 2. The summed E-state index contributed by atoms with van der Waals surface area (Å²) < 4.78 is 0.812. The number of hydrogen-bond acceptors (Lipinski definition) is 4. The lowest BCUT2D eigenvalue weighted by molar-refractivity contribution is -0.137. The highest BCUT2D eigenvalue weighted by atomic mass is 79.9. The Balaban J connectivity index is 1.55. The summed E-state index contributed by atoms with van der Waals surface area (Å²) in [5.74, 6) is -1.26. The summed E-state index contributed by atoms with van der Waals surface area (Å²) in [6.45, 7) is 9.87. The van der Waals surface area contributed by atoms with Gasteiger partial charge in [0.05, 0.1) is 23.3 Å². The first-order chi connectivity index (χ1) is 20.3. The molecule has 0 N–H and O–H groups in total. The molecule has 2 saturated heterocycles. The number of aryl methyl sites for hydroxylation is 2. The molecule has 3 aliphatic heterocycles. The van der Waals surface area contributed by atoms with Gasteiger partial charge in [-0.05, 0) is 60.7 Å². The number of fused-ring (bicyclic) bond motifs is 3. The number of anilines is 1. The van der Waals surface area contributed by atoms with Crippen molar-refractivity contribution in [1.82, 2.24) is 9.91 Å². The van der Waals surface area contributed by atoms with Crippen LogP contribution in [0, 0.1) is 19.8 Å². The number of para-hydroxylation sites is 1. The van der Waals surface area contributed by atoms with Crippen molar-refractivity contribution in [3.63, 3.8) is 0 Å². The molecule has 0 saturated carbocycles. The Morgan fingerprint density at radius 2 is 1.48 bits per heavy atom. The van der Waals surface area contributed by atoms with E-state index in [9.17, 15) is 9.59 Å². The number of hydrogen-bond donors (Lipinski definition) is 0. The van der Waals surface area contributed by atoms with Gasteiger partial charge in [-0.15, -0.1) is 0 Å². The molecule has 0 aromatic heterocycles. The molecule has 2 amide bonds. The average Bonchev–Trinajstić information content (AvgIpc) is 3.48. The molecule has 3 aliphatic rings. The molecule has 4 atom stereocenters. The van der Waals surface area contributed by atoms with Crippen molar-refractivity contribution in [2.75, 3.05) is 5.01 Å². The molecule has 0 aliphatic carbocycles. The van der Waals surface area contributed by atoms with Crippen molar-refractivity contribution in [3.05, 3.63) is 148 Å². The minimum Gasteiger partial charge on any atom is -0.277 e. The zero-order chi connectivity index (χ0) is 29.5. The number of rotatable bonds is 6. The highest BCUT2D eigenvalue weighted by Gasteiger charge is 2.60. The van der Waals surface area contributed by atoms with Crippen LogP contribution in [-0.4, -0.2) is 27.8 Å². The lowest BCUT2D eigenvalue weighted by Gasteiger charge is -2.43. The van der Waals surface area contributed by atoms with Gasteiger partial charge >= 0.3 is 0 Å². The third kappa shape index (κ3) is 4.84. The van der Waals surface area contributed by atoms with E-state index in [4.69, 9.17) is 0 Å². The molecule has 5 nitrogen and oxygen atoms in total. The first-order valence-corrected chi connectivity index (χ1v) is 15.1. The minimum absolute atomic E-state index is 0.0264. The molecule has 3 aromatic rings. The molecule has 0 radical (unpaired) electrons. The van der Waals surface area contributed by atoms with Crippen LogP contribution in [0.25, 0.3) is 0 Å². The quantitative estimate of drug-likeness (QED) is 0.208. The molecule has 0 bridgehead atoms. The fourth-order valence-corrected chi connectivity index (χ4v) is 6.75. The van der Waals surface area contributed by atoms with Crippen LogP contribution in [-0.2, 0) is 9.59 Å². The number of amides is 2. The smallest absolute Gasteiger partial charge is 0.259 e. The number of hydrazine groups is 1. The Morgan fingerprint density at radius 1 is 0.857 bits per heavy atom. The normalized spacial score (nSPS) is 24.1. The van der Waals surface area contributed by atoms with Gasteiger partial charge in [0.15, 0.2) is 0 Å². The summed E-state index contributed by atoms with van der Waals surface area (Å²) >= 11 is 3.50. The van der Waals surface area contributed by atoms with Crippen molar-refractivity contribution >= 4 is 33.4 Å². The van der Waals surface area contributed by atoms with Gasteiger partial charge in [-0.1, -0.05) is 113 Å². The summed E-state index contributed by atoms with van der Waals surface area (Å²) in [5, 5.41) is 4.35. The second-order valence-electron chi connectivity index (χ2n) is 11.3. The molecule has 6 rings (SSSR count). The second kappa shape index (κ2) is 11.3. The largest absolute Gasteiger partial charge is 0.277 e. The maximum atomic E-state index is 14.6. The number of benzene rings is 3. The van der Waals surface area contributed by atoms with E-state index in [1.165, 1.54) is 16.0 Å². The highest BCUT2D eigenvalue weighted by molar-refractivity contribution is 9.11. The predicted octanol–water partition coefficient (Wildman–Crippen LogP) is 7.88. The second-order valence-corrected chi connectivity index (χ2v) is 12.5. The van der Waals surface area contributed by atoms with Crippen LogP contribution in [0.4, 0.5) is 5.69 Å². The maximum Gasteiger partial charge on any atom is 0.259 e. The van der Waals surface area contributed by atoms with Crippen LogP contribution >= 0.6 is 15.9 Å². The van der Waals surface area contributed by atoms with Gasteiger partial charge in [-0.25, -0.2) is 4.90 Å². The number of nitrogens with zero attached hydrogens (tertiary/aromatic N) is 3. The number of halogens is 1. The van der Waals surface area contributed by atoms with Crippen molar-refractivity contribution in [2.24, 2.45) is 5.92 Å². The monoisotopic (exact) mass is 619 g/mol. The van der Waals surface area contributed by atoms with Crippen LogP contribution in [0.5, 0.6) is 0 Å². The van der Waals surface area contributed by atoms with Crippen molar-refractivity contribution in [3.8, 4) is 0 Å². The molecule has 6 heteroatoms. The third-order valence-corrected chi connectivity index (χ3v) is 8.63. The zero-order valence-electron chi connectivity index (χ0n) is 24.1. The summed E-state index contributed by atoms with van der Waals surface area (Å²) in [4.78, 5) is 30.4. The average molecular weight is 621 g/mol. The Bertz CT molecular complexity index is 1620. The van der Waals surface area contributed by atoms with Crippen LogP contribution in [0.3, 0.4) is 0 Å². The van der Waals surface area contributed by atoms with Crippen LogP contribution < -0.4 is 5.01 Å². The summed E-state index contributed by atoms with van der Waals surface area (Å²) in [7, 11) is 0. The van der Waals surface area contributed by atoms with E-state index in [-0.39, 0.29) is 23.8 Å². The van der Waals surface area contributed by atoms with Gasteiger partial charge < -0.3 is 0 Å². The first-order valence-electron chi connectivity index (χ1n) is 14.3. The van der Waals surface area contributed by atoms with E-state index < -0.39 is 12.0 Å². The van der Waals surface area contributed by atoms with E-state index in [0.717, 1.165) is 33.4 Å². The van der Waals surface area contributed by atoms with Crippen molar-refractivity contribution in [2.45, 2.75) is 45.2 Å². The van der Waals surface area contributed by atoms with Gasteiger partial charge in [-0.2, -0.15) is 0 Å². The molecule has 4 unspecified atom stereocenters. The van der Waals surface area contributed by atoms with Gasteiger partial charge in [0.1, 0.15) is 6.04 Å². The standard InChI is InChI=1S/C36H34BrN3O2/c1-5-9-29(20-25(4)37)38-35(41)33-31(26-16-12-23(2)13-17-26)21-30-22-32(27-18-14-24(3)15-19-27)39(28-10-7-6-8-11-28)40(30)34(33)36(38)42/h5-21,31-34H,1,22H2,2-4H3. The predicted molar refractivity (Wildman–Crippen MR) is 171 cm³/mol. The molecule has 0 spiro atoms. The number of allylic oxidation sites excluding steroid dienone is 5. The zero-order valence-corrected chi connectivity index (χ0v) is 25.7. The SMILES string of the molecule is C=CC=C(C=C(C)Br)N1C(=O)C2C(c3ccc(C)cc3)C=C3CC(c4ccc(C)cc4)N(c4ccccc4)N3C2C1=O. The highest BCUT2D eigenvalue weighted by Crippen LogP contribution is 2.52. The molecule has 42 heavy (non-hydrogen) atoms. The molecule has 212 valence electrons. The Hall–Kier alpha value is -4.16. The van der Waals surface area contributed by atoms with Gasteiger partial charge in [0, 0.05) is 18.0 Å². The number of likely N-dealkylation sites (tertiary alicyclic amines) is 1. The van der Waals surface area contributed by atoms with E-state index in [0.29, 0.717) is 5.70 Å². The minimum atomic E-state index is -0.697. The van der Waals surface area contributed by atoms with E-state index in [2.05, 4.69) is 113 Å². The lowest BCUT2D eigenvalue weighted by atomic mass is 9.78. The fraction of sp³-hybridized carbons (Fsp3) is 0.222. The van der Waals surface area contributed by atoms with Crippen molar-refractivity contribution < 1.29 is 9.59 Å². The fourth-order valence-electron chi connectivity index (χ4n) is 6.51. The number of imide groups is 1. The lowest BCUT2D eigenvalue weighted by Crippen LogP contribution is -2.53. The van der Waals surface area contributed by atoms with Gasteiger partial charge in [0.2, 0.25) is 5.91 Å². The van der Waals surface area contributed by atoms with Crippen LogP contribution in [0.1, 0.15) is 47.6 Å². The third-order valence-electron chi connectivity index (χ3n) is 8.40. The van der Waals surface area contributed by atoms with E-state index >= 15 is 0 Å². The van der Waals surface area contributed by atoms with Gasteiger partial charge in [-0.3, -0.25) is 19.6 Å². The molecule has 3 heterocycles. The topological polar surface area (TPSA) is 43.9 Å². The van der Waals surface area contributed by atoms with E-state index in [1.54, 1.807) is 18.2 Å². The van der Waals surface area contributed by atoms with Crippen molar-refractivity contribution in [1.29, 1.82) is 0 Å². The van der Waals surface area contributed by atoms with E-state index in [1.807, 2.05) is 25.1 Å².